The lowest BCUT2D eigenvalue weighted by atomic mass is 10.2. The Hall–Kier alpha value is -2.38. The van der Waals surface area contributed by atoms with Crippen molar-refractivity contribution in [3.63, 3.8) is 0 Å². The number of anilines is 2. The van der Waals surface area contributed by atoms with E-state index in [4.69, 9.17) is 0 Å². The number of nitrogens with one attached hydrogen (secondary N) is 1. The van der Waals surface area contributed by atoms with Crippen LogP contribution in [0, 0.1) is 6.92 Å². The first-order valence-corrected chi connectivity index (χ1v) is 10.8. The number of fused-ring (bicyclic) bond motifs is 1. The first-order chi connectivity index (χ1) is 12.3. The van der Waals surface area contributed by atoms with Gasteiger partial charge in [-0.05, 0) is 61.2 Å². The fourth-order valence-electron chi connectivity index (χ4n) is 2.82. The van der Waals surface area contributed by atoms with Gasteiger partial charge in [-0.1, -0.05) is 12.1 Å². The molecule has 26 heavy (non-hydrogen) atoms. The van der Waals surface area contributed by atoms with Crippen molar-refractivity contribution in [2.75, 3.05) is 22.4 Å². The van der Waals surface area contributed by atoms with E-state index >= 15 is 0 Å². The number of sulfonamides is 1. The van der Waals surface area contributed by atoms with Crippen molar-refractivity contribution in [2.24, 2.45) is 0 Å². The van der Waals surface area contributed by atoms with Gasteiger partial charge in [0.15, 0.2) is 0 Å². The summed E-state index contributed by atoms with van der Waals surface area (Å²) in [7, 11) is -3.33. The van der Waals surface area contributed by atoms with Gasteiger partial charge in [0.2, 0.25) is 10.0 Å². The van der Waals surface area contributed by atoms with Crippen LogP contribution in [0.4, 0.5) is 11.4 Å². The van der Waals surface area contributed by atoms with E-state index in [1.165, 1.54) is 21.9 Å². The molecule has 3 rings (SSSR count). The Kier molecular flexibility index (Phi) is 5.02. The van der Waals surface area contributed by atoms with Crippen molar-refractivity contribution < 1.29 is 13.2 Å². The molecule has 0 radical (unpaired) electrons. The molecule has 0 unspecified atom stereocenters. The summed E-state index contributed by atoms with van der Waals surface area (Å²) in [5, 5.41) is 3.75. The summed E-state index contributed by atoms with van der Waals surface area (Å²) in [4.78, 5) is 13.1. The van der Waals surface area contributed by atoms with Crippen LogP contribution in [0.25, 0.3) is 10.1 Å². The van der Waals surface area contributed by atoms with Gasteiger partial charge in [0.05, 0.1) is 16.8 Å². The van der Waals surface area contributed by atoms with E-state index in [2.05, 4.69) is 5.32 Å². The van der Waals surface area contributed by atoms with Gasteiger partial charge in [-0.2, -0.15) is 0 Å². The molecule has 0 aliphatic carbocycles. The topological polar surface area (TPSA) is 66.5 Å². The largest absolute Gasteiger partial charge is 0.321 e. The van der Waals surface area contributed by atoms with Gasteiger partial charge in [-0.15, -0.1) is 11.3 Å². The van der Waals surface area contributed by atoms with E-state index in [1.54, 1.807) is 25.1 Å². The Morgan fingerprint density at radius 3 is 2.58 bits per heavy atom. The maximum atomic E-state index is 12.5. The van der Waals surface area contributed by atoms with E-state index in [1.807, 2.05) is 37.3 Å². The van der Waals surface area contributed by atoms with Crippen LogP contribution in [-0.2, 0) is 10.0 Å². The lowest BCUT2D eigenvalue weighted by molar-refractivity contribution is 0.103. The molecule has 1 aromatic heterocycles. The molecule has 0 saturated heterocycles. The van der Waals surface area contributed by atoms with Crippen LogP contribution in [0.3, 0.4) is 0 Å². The molecule has 0 aliphatic heterocycles. The van der Waals surface area contributed by atoms with Crippen LogP contribution in [0.1, 0.15) is 22.2 Å². The van der Waals surface area contributed by atoms with E-state index in [0.29, 0.717) is 17.1 Å². The Morgan fingerprint density at radius 1 is 1.15 bits per heavy atom. The Bertz CT molecular complexity index is 1070. The zero-order valence-corrected chi connectivity index (χ0v) is 16.4. The van der Waals surface area contributed by atoms with Gasteiger partial charge >= 0.3 is 0 Å². The minimum Gasteiger partial charge on any atom is -0.321 e. The number of aryl methyl sites for hydroxylation is 1. The van der Waals surface area contributed by atoms with Crippen LogP contribution in [0.2, 0.25) is 0 Å². The zero-order chi connectivity index (χ0) is 18.9. The summed E-state index contributed by atoms with van der Waals surface area (Å²) in [6.07, 6.45) is 1.19. The number of hydrogen-bond donors (Lipinski definition) is 1. The van der Waals surface area contributed by atoms with Crippen molar-refractivity contribution in [1.82, 2.24) is 0 Å². The smallest absolute Gasteiger partial charge is 0.265 e. The average molecular weight is 389 g/mol. The third-order valence-electron chi connectivity index (χ3n) is 3.98. The predicted octanol–water partition coefficient (Wildman–Crippen LogP) is 4.25. The molecular weight excluding hydrogens is 368 g/mol. The van der Waals surface area contributed by atoms with Gasteiger partial charge in [-0.25, -0.2) is 8.42 Å². The van der Waals surface area contributed by atoms with Crippen molar-refractivity contribution in [3.8, 4) is 0 Å². The summed E-state index contributed by atoms with van der Waals surface area (Å²) >= 11 is 1.38. The van der Waals surface area contributed by atoms with E-state index in [0.717, 1.165) is 21.3 Å². The van der Waals surface area contributed by atoms with Gasteiger partial charge in [0.25, 0.3) is 5.91 Å². The van der Waals surface area contributed by atoms with E-state index in [-0.39, 0.29) is 5.91 Å². The van der Waals surface area contributed by atoms with Gasteiger partial charge in [0.1, 0.15) is 0 Å². The second-order valence-corrected chi connectivity index (χ2v) is 9.07. The fourth-order valence-corrected chi connectivity index (χ4v) is 4.73. The molecule has 0 aliphatic rings. The molecule has 0 saturated carbocycles. The first-order valence-electron chi connectivity index (χ1n) is 8.17. The van der Waals surface area contributed by atoms with Gasteiger partial charge in [-0.3, -0.25) is 9.10 Å². The predicted molar refractivity (Wildman–Crippen MR) is 109 cm³/mol. The number of carbonyl (C=O) groups is 1. The highest BCUT2D eigenvalue weighted by Gasteiger charge is 2.17. The van der Waals surface area contributed by atoms with Gasteiger partial charge in [0, 0.05) is 16.9 Å². The van der Waals surface area contributed by atoms with Crippen LogP contribution in [-0.4, -0.2) is 27.1 Å². The van der Waals surface area contributed by atoms with E-state index in [9.17, 15) is 13.2 Å². The molecule has 0 fully saturated rings. The zero-order valence-electron chi connectivity index (χ0n) is 14.8. The van der Waals surface area contributed by atoms with Crippen molar-refractivity contribution in [1.29, 1.82) is 0 Å². The molecule has 5 nitrogen and oxygen atoms in total. The van der Waals surface area contributed by atoms with Crippen molar-refractivity contribution in [3.05, 3.63) is 59.0 Å². The first kappa shape index (κ1) is 18.4. The number of benzene rings is 2. The fraction of sp³-hybridized carbons (Fsp3) is 0.211. The van der Waals surface area contributed by atoms with Crippen molar-refractivity contribution >= 4 is 48.7 Å². The maximum absolute atomic E-state index is 12.5. The molecule has 136 valence electrons. The second kappa shape index (κ2) is 7.09. The van der Waals surface area contributed by atoms with Crippen LogP contribution in [0.15, 0.2) is 48.5 Å². The number of hydrogen-bond acceptors (Lipinski definition) is 4. The molecule has 0 bridgehead atoms. The van der Waals surface area contributed by atoms with Crippen molar-refractivity contribution in [2.45, 2.75) is 13.8 Å². The highest BCUT2D eigenvalue weighted by Crippen LogP contribution is 2.30. The molecule has 1 heterocycles. The summed E-state index contributed by atoms with van der Waals surface area (Å²) in [5.41, 5.74) is 2.43. The molecule has 0 spiro atoms. The minimum absolute atomic E-state index is 0.172. The summed E-state index contributed by atoms with van der Waals surface area (Å²) in [6.45, 7) is 4.12. The lowest BCUT2D eigenvalue weighted by Crippen LogP contribution is -2.29. The molecule has 7 heteroatoms. The Morgan fingerprint density at radius 2 is 1.92 bits per heavy atom. The molecule has 0 atom stereocenters. The highest BCUT2D eigenvalue weighted by atomic mass is 32.2. The quantitative estimate of drug-likeness (QED) is 0.711. The molecule has 1 amide bonds. The number of nitrogens with zero attached hydrogens (tertiary/aromatic N) is 1. The molecule has 2 aromatic carbocycles. The lowest BCUT2D eigenvalue weighted by Gasteiger charge is -2.20. The summed E-state index contributed by atoms with van der Waals surface area (Å²) in [6, 6.07) is 14.9. The second-order valence-electron chi connectivity index (χ2n) is 6.08. The monoisotopic (exact) mass is 388 g/mol. The minimum atomic E-state index is -3.33. The third-order valence-corrected chi connectivity index (χ3v) is 6.36. The number of amides is 1. The average Bonchev–Trinajstić information content (AvgIpc) is 2.97. The van der Waals surface area contributed by atoms with Crippen LogP contribution >= 0.6 is 11.3 Å². The SMILES string of the molecule is CCN(c1ccc2sc(C(=O)Nc3cccc(C)c3)cc2c1)S(C)(=O)=O. The third kappa shape index (κ3) is 3.89. The molecule has 1 N–H and O–H groups in total. The van der Waals surface area contributed by atoms with E-state index < -0.39 is 10.0 Å². The number of rotatable bonds is 5. The van der Waals surface area contributed by atoms with Gasteiger partial charge < -0.3 is 5.32 Å². The number of carbonyl (C=O) groups excluding carboxylic acids is 1. The van der Waals surface area contributed by atoms with Crippen LogP contribution in [0.5, 0.6) is 0 Å². The van der Waals surface area contributed by atoms with Crippen LogP contribution < -0.4 is 9.62 Å². The normalized spacial score (nSPS) is 11.5. The Labute approximate surface area is 157 Å². The Balaban J connectivity index is 1.90. The molecule has 3 aromatic rings. The summed E-state index contributed by atoms with van der Waals surface area (Å²) in [5.74, 6) is -0.172. The maximum Gasteiger partial charge on any atom is 0.265 e. The highest BCUT2D eigenvalue weighted by molar-refractivity contribution is 7.92. The standard InChI is InChI=1S/C19H20N2O3S2/c1-4-21(26(3,23)24)16-8-9-17-14(11-16)12-18(25-17)19(22)20-15-7-5-6-13(2)10-15/h5-12H,4H2,1-3H3,(H,20,22). The number of thiophene rings is 1. The molecular formula is C19H20N2O3S2. The summed E-state index contributed by atoms with van der Waals surface area (Å²) < 4.78 is 26.1.